The number of nitrogens with zero attached hydrogens (tertiary/aromatic N) is 1. The average molecular weight is 277 g/mol. The Balaban J connectivity index is 1.72. The van der Waals surface area contributed by atoms with E-state index in [0.717, 1.165) is 19.3 Å². The number of aromatic carboxylic acids is 1. The molecule has 0 saturated heterocycles. The maximum Gasteiger partial charge on any atom is 0.337 e. The summed E-state index contributed by atoms with van der Waals surface area (Å²) < 4.78 is 0. The van der Waals surface area contributed by atoms with Gasteiger partial charge in [0.25, 0.3) is 0 Å². The van der Waals surface area contributed by atoms with E-state index in [2.05, 4.69) is 15.6 Å². The minimum absolute atomic E-state index is 0.0969. The number of hydrogen-bond donors (Lipinski definition) is 3. The molecule has 6 heteroatoms. The van der Waals surface area contributed by atoms with Crippen LogP contribution >= 0.6 is 0 Å². The third-order valence-electron chi connectivity index (χ3n) is 3.15. The average Bonchev–Trinajstić information content (AvgIpc) is 3.18. The zero-order chi connectivity index (χ0) is 14.5. The molecule has 108 valence electrons. The summed E-state index contributed by atoms with van der Waals surface area (Å²) in [5.74, 6) is -0.243. The van der Waals surface area contributed by atoms with Gasteiger partial charge in [-0.1, -0.05) is 0 Å². The van der Waals surface area contributed by atoms with Gasteiger partial charge >= 0.3 is 5.97 Å². The van der Waals surface area contributed by atoms with Gasteiger partial charge in [-0.3, -0.25) is 4.79 Å². The molecular formula is C14H19N3O3. The fraction of sp³-hybridized carbons (Fsp3) is 0.500. The minimum atomic E-state index is -0.974. The monoisotopic (exact) mass is 277 g/mol. The van der Waals surface area contributed by atoms with Crippen LogP contribution in [0.25, 0.3) is 0 Å². The predicted octanol–water partition coefficient (Wildman–Crippen LogP) is 1.56. The van der Waals surface area contributed by atoms with Gasteiger partial charge < -0.3 is 15.7 Å². The molecule has 1 aliphatic rings. The zero-order valence-corrected chi connectivity index (χ0v) is 11.5. The van der Waals surface area contributed by atoms with Crippen LogP contribution in [0.4, 0.5) is 5.82 Å². The third kappa shape index (κ3) is 4.22. The summed E-state index contributed by atoms with van der Waals surface area (Å²) in [6.07, 6.45) is 3.42. The molecule has 0 atom stereocenters. The molecule has 1 amide bonds. The van der Waals surface area contributed by atoms with Gasteiger partial charge in [0, 0.05) is 19.0 Å². The maximum atomic E-state index is 11.5. The molecule has 1 saturated carbocycles. The Morgan fingerprint density at radius 2 is 2.15 bits per heavy atom. The summed E-state index contributed by atoms with van der Waals surface area (Å²) in [6.45, 7) is 2.30. The van der Waals surface area contributed by atoms with E-state index < -0.39 is 5.97 Å². The van der Waals surface area contributed by atoms with Gasteiger partial charge in [0.2, 0.25) is 5.91 Å². The van der Waals surface area contributed by atoms with Crippen LogP contribution in [0, 0.1) is 6.92 Å². The van der Waals surface area contributed by atoms with Crippen LogP contribution < -0.4 is 10.6 Å². The van der Waals surface area contributed by atoms with Gasteiger partial charge in [-0.25, -0.2) is 9.78 Å². The highest BCUT2D eigenvalue weighted by atomic mass is 16.4. The van der Waals surface area contributed by atoms with Gasteiger partial charge in [0.1, 0.15) is 5.82 Å². The lowest BCUT2D eigenvalue weighted by molar-refractivity contribution is -0.121. The molecule has 2 rings (SSSR count). The first kappa shape index (κ1) is 14.3. The van der Waals surface area contributed by atoms with E-state index in [1.54, 1.807) is 13.0 Å². The number of anilines is 1. The fourth-order valence-electron chi connectivity index (χ4n) is 1.88. The van der Waals surface area contributed by atoms with Crippen molar-refractivity contribution in [1.82, 2.24) is 10.3 Å². The van der Waals surface area contributed by atoms with Crippen molar-refractivity contribution in [2.24, 2.45) is 0 Å². The van der Waals surface area contributed by atoms with E-state index in [0.29, 0.717) is 30.5 Å². The number of carboxylic acids is 1. The highest BCUT2D eigenvalue weighted by Crippen LogP contribution is 2.18. The van der Waals surface area contributed by atoms with Gasteiger partial charge in [-0.2, -0.15) is 0 Å². The number of nitrogens with one attached hydrogen (secondary N) is 2. The van der Waals surface area contributed by atoms with Crippen LogP contribution in [0.15, 0.2) is 12.1 Å². The fourth-order valence-corrected chi connectivity index (χ4v) is 1.88. The molecule has 0 spiro atoms. The summed E-state index contributed by atoms with van der Waals surface area (Å²) in [5, 5.41) is 14.9. The van der Waals surface area contributed by atoms with E-state index in [1.807, 2.05) is 0 Å². The van der Waals surface area contributed by atoms with Crippen LogP contribution in [0.5, 0.6) is 0 Å². The van der Waals surface area contributed by atoms with E-state index in [9.17, 15) is 9.59 Å². The summed E-state index contributed by atoms with van der Waals surface area (Å²) in [5.41, 5.74) is 0.688. The lowest BCUT2D eigenvalue weighted by Crippen LogP contribution is -2.25. The van der Waals surface area contributed by atoms with Gasteiger partial charge in [0.15, 0.2) is 0 Å². The van der Waals surface area contributed by atoms with Crippen LogP contribution in [0.1, 0.15) is 41.7 Å². The van der Waals surface area contributed by atoms with Crippen LogP contribution in [0.2, 0.25) is 0 Å². The Morgan fingerprint density at radius 1 is 1.40 bits per heavy atom. The molecule has 1 fully saturated rings. The molecule has 0 aromatic carbocycles. The number of carboxylic acid groups (broad SMARTS) is 1. The van der Waals surface area contributed by atoms with Crippen LogP contribution in [-0.4, -0.2) is 34.6 Å². The summed E-state index contributed by atoms with van der Waals surface area (Å²) in [4.78, 5) is 26.5. The van der Waals surface area contributed by atoms with E-state index in [1.165, 1.54) is 6.07 Å². The number of pyridine rings is 1. The van der Waals surface area contributed by atoms with Crippen molar-refractivity contribution < 1.29 is 14.7 Å². The first-order valence-electron chi connectivity index (χ1n) is 6.80. The molecule has 6 nitrogen and oxygen atoms in total. The molecule has 0 aliphatic heterocycles. The van der Waals surface area contributed by atoms with E-state index in [4.69, 9.17) is 5.11 Å². The first-order valence-corrected chi connectivity index (χ1v) is 6.80. The van der Waals surface area contributed by atoms with Gasteiger partial charge in [-0.05, 0) is 38.3 Å². The van der Waals surface area contributed by atoms with Gasteiger partial charge in [0.05, 0.1) is 11.3 Å². The Hall–Kier alpha value is -2.11. The number of rotatable bonds is 7. The Labute approximate surface area is 117 Å². The quantitative estimate of drug-likeness (QED) is 0.658. The zero-order valence-electron chi connectivity index (χ0n) is 11.5. The number of hydrogen-bond acceptors (Lipinski definition) is 4. The standard InChI is InChI=1S/C14H19N3O3/c1-9-11(14(19)20)6-7-12(16-9)15-8-2-3-13(18)17-10-4-5-10/h6-7,10H,2-5,8H2,1H3,(H,15,16)(H,17,18)(H,19,20). The van der Waals surface area contributed by atoms with Gasteiger partial charge in [-0.15, -0.1) is 0 Å². The molecule has 1 heterocycles. The second-order valence-corrected chi connectivity index (χ2v) is 5.01. The van der Waals surface area contributed by atoms with Crippen molar-refractivity contribution in [1.29, 1.82) is 0 Å². The van der Waals surface area contributed by atoms with Crippen molar-refractivity contribution in [3.8, 4) is 0 Å². The number of carbonyl (C=O) groups is 2. The van der Waals surface area contributed by atoms with Crippen LogP contribution in [0.3, 0.4) is 0 Å². The molecule has 0 radical (unpaired) electrons. The summed E-state index contributed by atoms with van der Waals surface area (Å²) in [6, 6.07) is 3.58. The molecular weight excluding hydrogens is 258 g/mol. The topological polar surface area (TPSA) is 91.3 Å². The Bertz CT molecular complexity index is 512. The highest BCUT2D eigenvalue weighted by molar-refractivity contribution is 5.89. The second kappa shape index (κ2) is 6.36. The molecule has 1 aliphatic carbocycles. The van der Waals surface area contributed by atoms with Crippen molar-refractivity contribution in [3.63, 3.8) is 0 Å². The third-order valence-corrected chi connectivity index (χ3v) is 3.15. The lowest BCUT2D eigenvalue weighted by Gasteiger charge is -2.08. The SMILES string of the molecule is Cc1nc(NCCCC(=O)NC2CC2)ccc1C(=O)O. The van der Waals surface area contributed by atoms with Crippen LogP contribution in [-0.2, 0) is 4.79 Å². The van der Waals surface area contributed by atoms with Crippen molar-refractivity contribution in [3.05, 3.63) is 23.4 Å². The first-order chi connectivity index (χ1) is 9.56. The summed E-state index contributed by atoms with van der Waals surface area (Å²) >= 11 is 0. The van der Waals surface area contributed by atoms with Crippen molar-refractivity contribution >= 4 is 17.7 Å². The Kier molecular flexibility index (Phi) is 4.55. The normalized spacial score (nSPS) is 13.8. The number of carbonyl (C=O) groups excluding carboxylic acids is 1. The largest absolute Gasteiger partial charge is 0.478 e. The predicted molar refractivity (Wildman–Crippen MR) is 74.8 cm³/mol. The summed E-state index contributed by atoms with van der Waals surface area (Å²) in [7, 11) is 0. The highest BCUT2D eigenvalue weighted by Gasteiger charge is 2.22. The molecule has 1 aromatic heterocycles. The van der Waals surface area contributed by atoms with E-state index in [-0.39, 0.29) is 11.5 Å². The maximum absolute atomic E-state index is 11.5. The smallest absolute Gasteiger partial charge is 0.337 e. The molecule has 0 unspecified atom stereocenters. The number of aromatic nitrogens is 1. The molecule has 1 aromatic rings. The molecule has 20 heavy (non-hydrogen) atoms. The van der Waals surface area contributed by atoms with E-state index >= 15 is 0 Å². The lowest BCUT2D eigenvalue weighted by atomic mass is 10.2. The van der Waals surface area contributed by atoms with Crippen molar-refractivity contribution in [2.75, 3.05) is 11.9 Å². The Morgan fingerprint density at radius 3 is 2.75 bits per heavy atom. The molecule has 3 N–H and O–H groups in total. The number of aryl methyl sites for hydroxylation is 1. The number of amides is 1. The second-order valence-electron chi connectivity index (χ2n) is 5.01. The minimum Gasteiger partial charge on any atom is -0.478 e. The molecule has 0 bridgehead atoms. The van der Waals surface area contributed by atoms with Crippen molar-refractivity contribution in [2.45, 2.75) is 38.6 Å².